The van der Waals surface area contributed by atoms with Gasteiger partial charge in [-0.3, -0.25) is 20.4 Å². The lowest BCUT2D eigenvalue weighted by Crippen LogP contribution is -2.42. The fraction of sp³-hybridized carbons (Fsp3) is 0.208. The number of hydrazone groups is 1. The average molecular weight is 499 g/mol. The molecule has 11 heteroatoms. The molecule has 0 radical (unpaired) electrons. The summed E-state index contributed by atoms with van der Waals surface area (Å²) >= 11 is 0. The van der Waals surface area contributed by atoms with E-state index in [0.29, 0.717) is 41.9 Å². The van der Waals surface area contributed by atoms with E-state index in [0.717, 1.165) is 29.8 Å². The summed E-state index contributed by atoms with van der Waals surface area (Å²) in [4.78, 5) is 26.9. The average Bonchev–Trinajstić information content (AvgIpc) is 3.19. The molecule has 9 nitrogen and oxygen atoms in total. The Hall–Kier alpha value is -3.99. The molecule has 0 spiro atoms. The molecule has 0 aliphatic heterocycles. The van der Waals surface area contributed by atoms with Crippen LogP contribution in [-0.2, 0) is 27.7 Å². The number of sulfonamides is 1. The summed E-state index contributed by atoms with van der Waals surface area (Å²) < 4.78 is 43.9. The number of nitrogens with zero attached hydrogens (tertiary/aromatic N) is 1. The van der Waals surface area contributed by atoms with Gasteiger partial charge in [0.15, 0.2) is 5.76 Å². The Morgan fingerprint density at radius 3 is 2.46 bits per heavy atom. The fourth-order valence-electron chi connectivity index (χ4n) is 3.79. The molecule has 3 aromatic rings. The van der Waals surface area contributed by atoms with E-state index in [-0.39, 0.29) is 17.1 Å². The van der Waals surface area contributed by atoms with Gasteiger partial charge >= 0.3 is 5.91 Å². The molecule has 0 saturated heterocycles. The highest BCUT2D eigenvalue weighted by Crippen LogP contribution is 2.30. The van der Waals surface area contributed by atoms with Gasteiger partial charge in [0, 0.05) is 17.5 Å². The number of aryl methyl sites for hydroxylation is 1. The first kappa shape index (κ1) is 24.1. The van der Waals surface area contributed by atoms with E-state index in [1.54, 1.807) is 19.1 Å². The first-order valence-electron chi connectivity index (χ1n) is 10.8. The number of amides is 2. The minimum atomic E-state index is -4.01. The number of hydrogen-bond donors (Lipinski definition) is 3. The minimum absolute atomic E-state index is 0.00556. The zero-order chi connectivity index (χ0) is 25.0. The van der Waals surface area contributed by atoms with Gasteiger partial charge in [-0.25, -0.2) is 4.39 Å². The molecule has 4 rings (SSSR count). The van der Waals surface area contributed by atoms with Gasteiger partial charge in [0.25, 0.3) is 10.0 Å². The van der Waals surface area contributed by atoms with Crippen molar-refractivity contribution in [3.8, 4) is 0 Å². The van der Waals surface area contributed by atoms with E-state index in [2.05, 4.69) is 20.8 Å². The number of benzene rings is 2. The monoisotopic (exact) mass is 498 g/mol. The fourth-order valence-corrected chi connectivity index (χ4v) is 4.62. The van der Waals surface area contributed by atoms with Gasteiger partial charge in [-0.05, 0) is 49.6 Å². The van der Waals surface area contributed by atoms with E-state index in [9.17, 15) is 22.4 Å². The van der Waals surface area contributed by atoms with Gasteiger partial charge in [0.2, 0.25) is 5.91 Å². The van der Waals surface area contributed by atoms with Crippen LogP contribution in [0.3, 0.4) is 0 Å². The van der Waals surface area contributed by atoms with Gasteiger partial charge in [0.1, 0.15) is 11.6 Å². The highest BCUT2D eigenvalue weighted by molar-refractivity contribution is 7.89. The van der Waals surface area contributed by atoms with Crippen LogP contribution in [-0.4, -0.2) is 25.9 Å². The predicted octanol–water partition coefficient (Wildman–Crippen LogP) is 2.75. The van der Waals surface area contributed by atoms with Crippen LogP contribution >= 0.6 is 0 Å². The second-order valence-electron chi connectivity index (χ2n) is 7.98. The smallest absolute Gasteiger partial charge is 0.305 e. The molecule has 0 saturated carbocycles. The topological polar surface area (TPSA) is 130 Å². The summed E-state index contributed by atoms with van der Waals surface area (Å²) in [5.74, 6) is -1.07. The van der Waals surface area contributed by atoms with Crippen molar-refractivity contribution in [1.29, 1.82) is 0 Å². The second-order valence-corrected chi connectivity index (χ2v) is 9.64. The summed E-state index contributed by atoms with van der Waals surface area (Å²) in [6.07, 6.45) is 1.76. The van der Waals surface area contributed by atoms with Gasteiger partial charge in [-0.15, -0.1) is 0 Å². The number of carbonyl (C=O) groups excluding carboxylic acids is 2. The van der Waals surface area contributed by atoms with Crippen molar-refractivity contribution in [2.75, 3.05) is 0 Å². The molecule has 1 aromatic heterocycles. The first-order valence-corrected chi connectivity index (χ1v) is 12.3. The molecule has 1 aliphatic carbocycles. The van der Waals surface area contributed by atoms with Gasteiger partial charge in [0.05, 0.1) is 17.0 Å². The Morgan fingerprint density at radius 1 is 1.03 bits per heavy atom. The Balaban J connectivity index is 1.47. The first-order chi connectivity index (χ1) is 16.7. The van der Waals surface area contributed by atoms with Gasteiger partial charge < -0.3 is 4.42 Å². The lowest BCUT2D eigenvalue weighted by molar-refractivity contribution is -0.121. The maximum Gasteiger partial charge on any atom is 0.305 e. The van der Waals surface area contributed by atoms with Crippen LogP contribution in [0.15, 0.2) is 69.0 Å². The summed E-state index contributed by atoms with van der Waals surface area (Å²) in [5.41, 5.74) is 6.98. The van der Waals surface area contributed by atoms with Gasteiger partial charge in [-0.2, -0.15) is 18.4 Å². The summed E-state index contributed by atoms with van der Waals surface area (Å²) in [7, 11) is -4.01. The van der Waals surface area contributed by atoms with Crippen LogP contribution in [0.2, 0.25) is 0 Å². The maximum atomic E-state index is 13.1. The van der Waals surface area contributed by atoms with Crippen LogP contribution in [0, 0.1) is 12.7 Å². The molecule has 0 fully saturated rings. The standard InChI is InChI=1S/C24H23FN4O5S/c1-15-22-19(26-29-35(32,33)18-12-10-17(25)11-13-18)8-5-9-20(22)34-23(15)24(31)28-27-21(30)14-16-6-3-2-4-7-16/h2-4,6-7,10-13,29H,5,8-9,14H2,1H3,(H,27,30)(H,28,31)/b26-19+. The van der Waals surface area contributed by atoms with Crippen LogP contribution < -0.4 is 15.7 Å². The molecule has 182 valence electrons. The van der Waals surface area contributed by atoms with Crippen molar-refractivity contribution in [2.24, 2.45) is 5.10 Å². The predicted molar refractivity (Wildman–Crippen MR) is 125 cm³/mol. The van der Waals surface area contributed by atoms with Crippen molar-refractivity contribution in [3.05, 3.63) is 88.6 Å². The number of halogens is 1. The lowest BCUT2D eigenvalue weighted by atomic mass is 9.93. The molecule has 1 aliphatic rings. The summed E-state index contributed by atoms with van der Waals surface area (Å²) in [5, 5.41) is 4.07. The quantitative estimate of drug-likeness (QED) is 0.450. The summed E-state index contributed by atoms with van der Waals surface area (Å²) in [6.45, 7) is 1.67. The van der Waals surface area contributed by atoms with E-state index >= 15 is 0 Å². The molecular formula is C24H23FN4O5S. The van der Waals surface area contributed by atoms with Crippen LogP contribution in [0.4, 0.5) is 4.39 Å². The third kappa shape index (κ3) is 5.57. The van der Waals surface area contributed by atoms with Crippen molar-refractivity contribution < 1.29 is 26.8 Å². The number of fused-ring (bicyclic) bond motifs is 1. The molecule has 2 aromatic carbocycles. The molecule has 1 heterocycles. The molecule has 35 heavy (non-hydrogen) atoms. The Bertz CT molecular complexity index is 1380. The zero-order valence-corrected chi connectivity index (χ0v) is 19.6. The summed E-state index contributed by atoms with van der Waals surface area (Å²) in [6, 6.07) is 13.5. The van der Waals surface area contributed by atoms with Crippen LogP contribution in [0.1, 0.15) is 45.8 Å². The largest absolute Gasteiger partial charge is 0.455 e. The Morgan fingerprint density at radius 2 is 1.74 bits per heavy atom. The number of nitrogens with one attached hydrogen (secondary N) is 3. The highest BCUT2D eigenvalue weighted by atomic mass is 32.2. The number of rotatable bonds is 6. The van der Waals surface area contributed by atoms with E-state index < -0.39 is 27.7 Å². The third-order valence-electron chi connectivity index (χ3n) is 5.48. The number of hydrogen-bond acceptors (Lipinski definition) is 6. The van der Waals surface area contributed by atoms with Crippen molar-refractivity contribution in [3.63, 3.8) is 0 Å². The number of furan rings is 1. The van der Waals surface area contributed by atoms with Crippen LogP contribution in [0.25, 0.3) is 0 Å². The van der Waals surface area contributed by atoms with Crippen molar-refractivity contribution >= 4 is 27.5 Å². The Kier molecular flexibility index (Phi) is 6.97. The molecule has 2 amide bonds. The normalized spacial score (nSPS) is 14.3. The van der Waals surface area contributed by atoms with Crippen molar-refractivity contribution in [1.82, 2.24) is 15.7 Å². The maximum absolute atomic E-state index is 13.1. The van der Waals surface area contributed by atoms with E-state index in [1.807, 2.05) is 18.2 Å². The van der Waals surface area contributed by atoms with Crippen molar-refractivity contribution in [2.45, 2.75) is 37.5 Å². The van der Waals surface area contributed by atoms with E-state index in [4.69, 9.17) is 4.42 Å². The lowest BCUT2D eigenvalue weighted by Gasteiger charge is -2.14. The van der Waals surface area contributed by atoms with Crippen LogP contribution in [0.5, 0.6) is 0 Å². The molecule has 0 bridgehead atoms. The molecule has 0 unspecified atom stereocenters. The molecular weight excluding hydrogens is 475 g/mol. The highest BCUT2D eigenvalue weighted by Gasteiger charge is 2.28. The molecule has 0 atom stereocenters. The minimum Gasteiger partial charge on any atom is -0.455 e. The molecule has 3 N–H and O–H groups in total. The van der Waals surface area contributed by atoms with E-state index in [1.165, 1.54) is 0 Å². The zero-order valence-electron chi connectivity index (χ0n) is 18.8. The number of hydrazine groups is 1. The third-order valence-corrected chi connectivity index (χ3v) is 6.70. The van der Waals surface area contributed by atoms with Gasteiger partial charge in [-0.1, -0.05) is 30.3 Å². The second kappa shape index (κ2) is 10.1. The SMILES string of the molecule is Cc1c(C(=O)NNC(=O)Cc2ccccc2)oc2c1/C(=N/NS(=O)(=O)c1ccc(F)cc1)CCC2. The number of carbonyl (C=O) groups is 2. The Labute approximate surface area is 201 Å².